The van der Waals surface area contributed by atoms with Gasteiger partial charge in [-0.3, -0.25) is 0 Å². The summed E-state index contributed by atoms with van der Waals surface area (Å²) in [5.41, 5.74) is 0.777. The molecule has 3 aromatic heterocycles. The Labute approximate surface area is 124 Å². The van der Waals surface area contributed by atoms with Gasteiger partial charge in [0.25, 0.3) is 0 Å². The Hall–Kier alpha value is -2.02. The summed E-state index contributed by atoms with van der Waals surface area (Å²) in [4.78, 5) is 13.1. The van der Waals surface area contributed by atoms with Crippen LogP contribution in [0.1, 0.15) is 25.2 Å². The second-order valence-electron chi connectivity index (χ2n) is 4.29. The Kier molecular flexibility index (Phi) is 3.60. The van der Waals surface area contributed by atoms with E-state index in [1.807, 2.05) is 18.3 Å². The Balaban J connectivity index is 1.89. The van der Waals surface area contributed by atoms with Gasteiger partial charge in [-0.15, -0.1) is 0 Å². The van der Waals surface area contributed by atoms with Crippen LogP contribution in [0.15, 0.2) is 41.4 Å². The molecule has 3 heterocycles. The summed E-state index contributed by atoms with van der Waals surface area (Å²) in [6.45, 7) is 2.08. The molecule has 3 aromatic rings. The van der Waals surface area contributed by atoms with Gasteiger partial charge in [0.05, 0.1) is 16.7 Å². The Morgan fingerprint density at radius 2 is 2.15 bits per heavy atom. The van der Waals surface area contributed by atoms with Crippen LogP contribution in [0.4, 0.5) is 5.82 Å². The van der Waals surface area contributed by atoms with E-state index in [2.05, 4.69) is 48.2 Å². The Morgan fingerprint density at radius 1 is 1.35 bits per heavy atom. The van der Waals surface area contributed by atoms with Crippen LogP contribution in [0.2, 0.25) is 0 Å². The molecule has 1 atom stereocenters. The molecule has 0 bridgehead atoms. The molecule has 0 amide bonds. The van der Waals surface area contributed by atoms with Crippen molar-refractivity contribution in [3.05, 3.63) is 47.2 Å². The minimum absolute atomic E-state index is 0.0350. The molecule has 3 rings (SSSR count). The molecule has 102 valence electrons. The highest BCUT2D eigenvalue weighted by Crippen LogP contribution is 2.21. The molecule has 0 aliphatic rings. The van der Waals surface area contributed by atoms with E-state index in [0.717, 1.165) is 28.2 Å². The largest absolute Gasteiger partial charge is 0.360 e. The van der Waals surface area contributed by atoms with Crippen LogP contribution < -0.4 is 5.32 Å². The summed E-state index contributed by atoms with van der Waals surface area (Å²) in [5.74, 6) is 1.54. The normalized spacial score (nSPS) is 12.5. The van der Waals surface area contributed by atoms with Crippen molar-refractivity contribution in [3.8, 4) is 0 Å². The summed E-state index contributed by atoms with van der Waals surface area (Å²) in [5, 5.41) is 7.53. The van der Waals surface area contributed by atoms with Crippen LogP contribution in [0.5, 0.6) is 0 Å². The zero-order valence-corrected chi connectivity index (χ0v) is 12.4. The molecule has 0 spiro atoms. The summed E-state index contributed by atoms with van der Waals surface area (Å²) in [6, 6.07) is 3.73. The molecular formula is C13H13BrN6. The number of nitrogens with one attached hydrogen (secondary N) is 1. The first-order chi connectivity index (χ1) is 9.78. The van der Waals surface area contributed by atoms with E-state index in [4.69, 9.17) is 0 Å². The van der Waals surface area contributed by atoms with Gasteiger partial charge in [-0.2, -0.15) is 5.10 Å². The molecule has 1 N–H and O–H groups in total. The fourth-order valence-electron chi connectivity index (χ4n) is 1.94. The molecule has 0 saturated carbocycles. The lowest BCUT2D eigenvalue weighted by Gasteiger charge is -2.15. The fourth-order valence-corrected chi connectivity index (χ4v) is 2.30. The fraction of sp³-hybridized carbons (Fsp3) is 0.231. The molecule has 0 aliphatic carbocycles. The number of hydrogen-bond donors (Lipinski definition) is 1. The van der Waals surface area contributed by atoms with Crippen molar-refractivity contribution in [2.75, 3.05) is 5.32 Å². The van der Waals surface area contributed by atoms with Crippen LogP contribution in [-0.4, -0.2) is 24.6 Å². The third-order valence-electron chi connectivity index (χ3n) is 2.95. The highest BCUT2D eigenvalue weighted by atomic mass is 79.9. The predicted molar refractivity (Wildman–Crippen MR) is 79.4 cm³/mol. The van der Waals surface area contributed by atoms with E-state index in [1.54, 1.807) is 23.1 Å². The Bertz CT molecular complexity index is 711. The maximum absolute atomic E-state index is 4.53. The van der Waals surface area contributed by atoms with Crippen LogP contribution in [0.3, 0.4) is 0 Å². The second-order valence-corrected chi connectivity index (χ2v) is 5.14. The van der Waals surface area contributed by atoms with Crippen LogP contribution >= 0.6 is 15.9 Å². The van der Waals surface area contributed by atoms with Gasteiger partial charge in [-0.05, 0) is 34.5 Å². The number of hydrogen-bond acceptors (Lipinski definition) is 5. The molecule has 7 heteroatoms. The number of nitrogens with zero attached hydrogens (tertiary/aromatic N) is 5. The van der Waals surface area contributed by atoms with Gasteiger partial charge in [0.15, 0.2) is 5.65 Å². The first-order valence-electron chi connectivity index (χ1n) is 6.31. The number of rotatable bonds is 4. The van der Waals surface area contributed by atoms with Gasteiger partial charge in [-0.25, -0.2) is 19.5 Å². The van der Waals surface area contributed by atoms with Crippen molar-refractivity contribution in [1.29, 1.82) is 0 Å². The van der Waals surface area contributed by atoms with Crippen molar-refractivity contribution < 1.29 is 0 Å². The predicted octanol–water partition coefficient (Wildman–Crippen LogP) is 2.85. The van der Waals surface area contributed by atoms with Crippen molar-refractivity contribution in [2.45, 2.75) is 19.4 Å². The summed E-state index contributed by atoms with van der Waals surface area (Å²) < 4.78 is 2.58. The van der Waals surface area contributed by atoms with E-state index in [0.29, 0.717) is 0 Å². The first kappa shape index (κ1) is 13.0. The van der Waals surface area contributed by atoms with E-state index in [1.165, 1.54) is 0 Å². The van der Waals surface area contributed by atoms with E-state index >= 15 is 0 Å². The lowest BCUT2D eigenvalue weighted by molar-refractivity contribution is 0.688. The molecule has 1 unspecified atom stereocenters. The minimum atomic E-state index is 0.0350. The van der Waals surface area contributed by atoms with Gasteiger partial charge in [-0.1, -0.05) is 6.92 Å². The highest BCUT2D eigenvalue weighted by molar-refractivity contribution is 9.10. The standard InChI is InChI=1S/C13H13BrN6/c1-2-10(12-15-5-3-6-16-12)18-11-4-7-20-13(19-11)9(14)8-17-20/h3-8,10H,2H2,1H3,(H,18,19). The topological polar surface area (TPSA) is 68.0 Å². The van der Waals surface area contributed by atoms with E-state index in [-0.39, 0.29) is 6.04 Å². The molecule has 6 nitrogen and oxygen atoms in total. The van der Waals surface area contributed by atoms with Crippen LogP contribution in [0.25, 0.3) is 5.65 Å². The van der Waals surface area contributed by atoms with Crippen molar-refractivity contribution >= 4 is 27.4 Å². The lowest BCUT2D eigenvalue weighted by Crippen LogP contribution is -2.14. The van der Waals surface area contributed by atoms with Gasteiger partial charge >= 0.3 is 0 Å². The molecule has 0 fully saturated rings. The minimum Gasteiger partial charge on any atom is -0.360 e. The third kappa shape index (κ3) is 2.49. The third-order valence-corrected chi connectivity index (χ3v) is 3.51. The van der Waals surface area contributed by atoms with Gasteiger partial charge in [0, 0.05) is 18.6 Å². The number of aromatic nitrogens is 5. The number of anilines is 1. The van der Waals surface area contributed by atoms with Crippen molar-refractivity contribution in [3.63, 3.8) is 0 Å². The smallest absolute Gasteiger partial charge is 0.171 e. The highest BCUT2D eigenvalue weighted by Gasteiger charge is 2.13. The maximum atomic E-state index is 4.53. The van der Waals surface area contributed by atoms with Gasteiger partial charge < -0.3 is 5.32 Å². The molecule has 0 radical (unpaired) electrons. The number of fused-ring (bicyclic) bond motifs is 1. The summed E-state index contributed by atoms with van der Waals surface area (Å²) in [7, 11) is 0. The molecule has 0 aliphatic heterocycles. The lowest BCUT2D eigenvalue weighted by atomic mass is 10.2. The second kappa shape index (κ2) is 5.54. The monoisotopic (exact) mass is 332 g/mol. The van der Waals surface area contributed by atoms with E-state index in [9.17, 15) is 0 Å². The molecule has 0 saturated heterocycles. The average molecular weight is 333 g/mol. The summed E-state index contributed by atoms with van der Waals surface area (Å²) in [6.07, 6.45) is 7.96. The Morgan fingerprint density at radius 3 is 2.90 bits per heavy atom. The van der Waals surface area contributed by atoms with Gasteiger partial charge in [0.1, 0.15) is 11.6 Å². The SMILES string of the molecule is CCC(Nc1ccn2ncc(Br)c2n1)c1ncccn1. The van der Waals surface area contributed by atoms with E-state index < -0.39 is 0 Å². The van der Waals surface area contributed by atoms with Crippen LogP contribution in [0, 0.1) is 0 Å². The average Bonchev–Trinajstić information content (AvgIpc) is 2.87. The summed E-state index contributed by atoms with van der Waals surface area (Å²) >= 11 is 3.43. The maximum Gasteiger partial charge on any atom is 0.171 e. The zero-order chi connectivity index (χ0) is 13.9. The zero-order valence-electron chi connectivity index (χ0n) is 10.9. The quantitative estimate of drug-likeness (QED) is 0.795. The van der Waals surface area contributed by atoms with Crippen molar-refractivity contribution in [2.24, 2.45) is 0 Å². The van der Waals surface area contributed by atoms with Crippen LogP contribution in [-0.2, 0) is 0 Å². The van der Waals surface area contributed by atoms with Gasteiger partial charge in [0.2, 0.25) is 0 Å². The van der Waals surface area contributed by atoms with Crippen molar-refractivity contribution in [1.82, 2.24) is 24.6 Å². The molecular weight excluding hydrogens is 320 g/mol. The molecule has 0 aromatic carbocycles. The molecule has 20 heavy (non-hydrogen) atoms. The first-order valence-corrected chi connectivity index (χ1v) is 7.10. The number of halogens is 1.